The zero-order chi connectivity index (χ0) is 13.0. The fourth-order valence-corrected chi connectivity index (χ4v) is 2.48. The second-order valence-corrected chi connectivity index (χ2v) is 4.91. The molecule has 1 amide bonds. The number of aromatic nitrogens is 1. The van der Waals surface area contributed by atoms with E-state index in [2.05, 4.69) is 22.7 Å². The van der Waals surface area contributed by atoms with E-state index >= 15 is 0 Å². The summed E-state index contributed by atoms with van der Waals surface area (Å²) in [5.74, 6) is 5.84. The summed E-state index contributed by atoms with van der Waals surface area (Å²) in [5.41, 5.74) is 3.60. The van der Waals surface area contributed by atoms with Crippen LogP contribution in [-0.2, 0) is 0 Å². The van der Waals surface area contributed by atoms with Crippen molar-refractivity contribution in [2.75, 3.05) is 5.43 Å². The van der Waals surface area contributed by atoms with Gasteiger partial charge in [0.2, 0.25) is 0 Å². The molecule has 1 aromatic rings. The third kappa shape index (κ3) is 2.79. The number of nitrogens with zero attached hydrogens (tertiary/aromatic N) is 1. The van der Waals surface area contributed by atoms with Crippen molar-refractivity contribution in [2.45, 2.75) is 38.6 Å². The molecule has 0 radical (unpaired) electrons. The van der Waals surface area contributed by atoms with Crippen LogP contribution in [0.1, 0.15) is 43.0 Å². The predicted molar refractivity (Wildman–Crippen MR) is 70.9 cm³/mol. The third-order valence-corrected chi connectivity index (χ3v) is 3.65. The molecule has 1 aliphatic carbocycles. The molecular formula is C13H20N4O. The second-order valence-electron chi connectivity index (χ2n) is 4.91. The number of hydrogen-bond donors (Lipinski definition) is 3. The number of carbonyl (C=O) groups excluding carboxylic acids is 1. The van der Waals surface area contributed by atoms with Crippen LogP contribution in [-0.4, -0.2) is 16.9 Å². The van der Waals surface area contributed by atoms with E-state index in [1.54, 1.807) is 18.5 Å². The Morgan fingerprint density at radius 3 is 2.94 bits per heavy atom. The normalized spacial score (nSPS) is 23.4. The number of pyridine rings is 1. The monoisotopic (exact) mass is 248 g/mol. The third-order valence-electron chi connectivity index (χ3n) is 3.65. The van der Waals surface area contributed by atoms with E-state index in [1.165, 1.54) is 19.3 Å². The Morgan fingerprint density at radius 1 is 1.44 bits per heavy atom. The summed E-state index contributed by atoms with van der Waals surface area (Å²) in [5, 5.41) is 3.10. The maximum atomic E-state index is 12.2. The van der Waals surface area contributed by atoms with Gasteiger partial charge in [0.05, 0.1) is 17.4 Å². The van der Waals surface area contributed by atoms with Gasteiger partial charge in [-0.1, -0.05) is 19.8 Å². The Bertz CT molecular complexity index is 421. The molecule has 2 unspecified atom stereocenters. The van der Waals surface area contributed by atoms with Gasteiger partial charge in [-0.25, -0.2) is 0 Å². The Morgan fingerprint density at radius 2 is 2.22 bits per heavy atom. The first-order valence-corrected chi connectivity index (χ1v) is 6.44. The summed E-state index contributed by atoms with van der Waals surface area (Å²) in [4.78, 5) is 16.1. The average molecular weight is 248 g/mol. The summed E-state index contributed by atoms with van der Waals surface area (Å²) >= 11 is 0. The first kappa shape index (κ1) is 12.8. The molecule has 2 rings (SSSR count). The van der Waals surface area contributed by atoms with Crippen molar-refractivity contribution >= 4 is 11.6 Å². The molecule has 1 aliphatic rings. The maximum Gasteiger partial charge on any atom is 0.253 e. The first-order valence-electron chi connectivity index (χ1n) is 6.44. The van der Waals surface area contributed by atoms with Crippen LogP contribution in [0.3, 0.4) is 0 Å². The highest BCUT2D eigenvalue weighted by molar-refractivity contribution is 5.99. The topological polar surface area (TPSA) is 80.0 Å². The van der Waals surface area contributed by atoms with Crippen molar-refractivity contribution in [3.63, 3.8) is 0 Å². The summed E-state index contributed by atoms with van der Waals surface area (Å²) in [6.45, 7) is 2.19. The minimum Gasteiger partial charge on any atom is -0.349 e. The number of rotatable bonds is 3. The summed E-state index contributed by atoms with van der Waals surface area (Å²) in [6.07, 6.45) is 7.85. The minimum atomic E-state index is -0.0795. The fraction of sp³-hybridized carbons (Fsp3) is 0.538. The molecule has 4 N–H and O–H groups in total. The van der Waals surface area contributed by atoms with Gasteiger partial charge in [0.15, 0.2) is 0 Å². The van der Waals surface area contributed by atoms with Crippen molar-refractivity contribution in [1.29, 1.82) is 0 Å². The van der Waals surface area contributed by atoms with Crippen LogP contribution in [0.2, 0.25) is 0 Å². The van der Waals surface area contributed by atoms with E-state index in [1.807, 2.05) is 0 Å². The van der Waals surface area contributed by atoms with Gasteiger partial charge in [-0.05, 0) is 24.8 Å². The molecule has 0 spiro atoms. The van der Waals surface area contributed by atoms with E-state index in [0.717, 1.165) is 6.42 Å². The number of amides is 1. The molecule has 1 fully saturated rings. The van der Waals surface area contributed by atoms with Crippen molar-refractivity contribution < 1.29 is 4.79 Å². The number of hydrazine groups is 1. The number of nitrogen functional groups attached to an aromatic ring is 1. The number of nitrogens with two attached hydrogens (primary N) is 1. The highest BCUT2D eigenvalue weighted by atomic mass is 16.1. The van der Waals surface area contributed by atoms with E-state index in [4.69, 9.17) is 5.84 Å². The van der Waals surface area contributed by atoms with Crippen LogP contribution in [0, 0.1) is 5.92 Å². The van der Waals surface area contributed by atoms with E-state index in [9.17, 15) is 4.79 Å². The molecule has 1 heterocycles. The molecule has 0 aromatic carbocycles. The molecule has 0 saturated heterocycles. The lowest BCUT2D eigenvalue weighted by atomic mass is 9.86. The van der Waals surface area contributed by atoms with Gasteiger partial charge in [0.25, 0.3) is 5.91 Å². The number of nitrogens with one attached hydrogen (secondary N) is 2. The van der Waals surface area contributed by atoms with E-state index in [0.29, 0.717) is 17.2 Å². The zero-order valence-electron chi connectivity index (χ0n) is 10.6. The lowest BCUT2D eigenvalue weighted by Crippen LogP contribution is -2.41. The molecule has 0 bridgehead atoms. The van der Waals surface area contributed by atoms with Gasteiger partial charge in [-0.15, -0.1) is 0 Å². The Labute approximate surface area is 107 Å². The van der Waals surface area contributed by atoms with Crippen LogP contribution < -0.4 is 16.6 Å². The summed E-state index contributed by atoms with van der Waals surface area (Å²) in [7, 11) is 0. The molecule has 0 aliphatic heterocycles. The Kier molecular flexibility index (Phi) is 4.15. The van der Waals surface area contributed by atoms with E-state index < -0.39 is 0 Å². The van der Waals surface area contributed by atoms with Gasteiger partial charge >= 0.3 is 0 Å². The Hall–Kier alpha value is -1.62. The van der Waals surface area contributed by atoms with Crippen molar-refractivity contribution in [1.82, 2.24) is 10.3 Å². The molecule has 5 heteroatoms. The van der Waals surface area contributed by atoms with Gasteiger partial charge < -0.3 is 10.7 Å². The van der Waals surface area contributed by atoms with Crippen molar-refractivity contribution in [2.24, 2.45) is 11.8 Å². The molecule has 5 nitrogen and oxygen atoms in total. The smallest absolute Gasteiger partial charge is 0.253 e. The standard InChI is InChI=1S/C13H20N4O/c1-9-4-2-3-5-11(9)16-13(18)10-6-7-15-8-12(10)17-14/h6-9,11,17H,2-5,14H2,1H3,(H,16,18). The fourth-order valence-electron chi connectivity index (χ4n) is 2.48. The molecule has 18 heavy (non-hydrogen) atoms. The van der Waals surface area contributed by atoms with Gasteiger partial charge in [0.1, 0.15) is 0 Å². The SMILES string of the molecule is CC1CCCCC1NC(=O)c1ccncc1NN. The molecule has 98 valence electrons. The lowest BCUT2D eigenvalue weighted by molar-refractivity contribution is 0.0911. The molecular weight excluding hydrogens is 228 g/mol. The lowest BCUT2D eigenvalue weighted by Gasteiger charge is -2.29. The van der Waals surface area contributed by atoms with Gasteiger partial charge in [-0.2, -0.15) is 0 Å². The van der Waals surface area contributed by atoms with Crippen LogP contribution in [0.4, 0.5) is 5.69 Å². The number of anilines is 1. The highest BCUT2D eigenvalue weighted by Crippen LogP contribution is 2.24. The molecule has 1 saturated carbocycles. The van der Waals surface area contributed by atoms with Crippen LogP contribution in [0.5, 0.6) is 0 Å². The predicted octanol–water partition coefficient (Wildman–Crippen LogP) is 1.68. The average Bonchev–Trinajstić information content (AvgIpc) is 2.41. The molecule has 2 atom stereocenters. The largest absolute Gasteiger partial charge is 0.349 e. The Balaban J connectivity index is 2.07. The van der Waals surface area contributed by atoms with Crippen LogP contribution in [0.25, 0.3) is 0 Å². The van der Waals surface area contributed by atoms with E-state index in [-0.39, 0.29) is 11.9 Å². The first-order chi connectivity index (χ1) is 8.72. The minimum absolute atomic E-state index is 0.0795. The number of hydrogen-bond acceptors (Lipinski definition) is 4. The zero-order valence-corrected chi connectivity index (χ0v) is 10.6. The van der Waals surface area contributed by atoms with Gasteiger partial charge in [-0.3, -0.25) is 15.6 Å². The van der Waals surface area contributed by atoms with Crippen LogP contribution in [0.15, 0.2) is 18.5 Å². The van der Waals surface area contributed by atoms with Crippen LogP contribution >= 0.6 is 0 Å². The van der Waals surface area contributed by atoms with Crippen molar-refractivity contribution in [3.05, 3.63) is 24.0 Å². The quantitative estimate of drug-likeness (QED) is 0.561. The van der Waals surface area contributed by atoms with Crippen molar-refractivity contribution in [3.8, 4) is 0 Å². The summed E-state index contributed by atoms with van der Waals surface area (Å²) < 4.78 is 0. The second kappa shape index (κ2) is 5.82. The summed E-state index contributed by atoms with van der Waals surface area (Å²) in [6, 6.07) is 1.95. The highest BCUT2D eigenvalue weighted by Gasteiger charge is 2.23. The van der Waals surface area contributed by atoms with Gasteiger partial charge in [0, 0.05) is 12.2 Å². The number of carbonyl (C=O) groups is 1. The maximum absolute atomic E-state index is 12.2. The molecule has 1 aromatic heterocycles.